The number of nitrogens with zero attached hydrogens (tertiary/aromatic N) is 2. The number of nitrogen functional groups attached to an aromatic ring is 1. The number of rotatable bonds is 10. The Bertz CT molecular complexity index is 2390. The third-order valence-corrected chi connectivity index (χ3v) is 17.6. The molecule has 3 amide bonds. The van der Waals surface area contributed by atoms with Crippen molar-refractivity contribution in [2.45, 2.75) is 69.2 Å². The van der Waals surface area contributed by atoms with Crippen LogP contribution >= 0.6 is 15.9 Å². The maximum atomic E-state index is 15.4. The number of anilines is 3. The lowest BCUT2D eigenvalue weighted by atomic mass is 9.82. The average Bonchev–Trinajstić information content (AvgIpc) is 3.66. The predicted octanol–water partition coefficient (Wildman–Crippen LogP) is 7.39. The van der Waals surface area contributed by atoms with E-state index in [1.54, 1.807) is 41.2 Å². The van der Waals surface area contributed by atoms with Gasteiger partial charge in [-0.2, -0.15) is 0 Å². The van der Waals surface area contributed by atoms with Crippen LogP contribution < -0.4 is 25.9 Å². The van der Waals surface area contributed by atoms with Crippen molar-refractivity contribution < 1.29 is 29.0 Å². The first kappa shape index (κ1) is 40.5. The van der Waals surface area contributed by atoms with Crippen LogP contribution in [0.4, 0.5) is 17.1 Å². The van der Waals surface area contributed by atoms with Gasteiger partial charge in [0.2, 0.25) is 5.91 Å². The van der Waals surface area contributed by atoms with E-state index in [9.17, 15) is 14.7 Å². The number of nitrogens with two attached hydrogens (primary N) is 1. The van der Waals surface area contributed by atoms with E-state index in [0.717, 1.165) is 38.2 Å². The number of aliphatic hydroxyl groups excluding tert-OH is 1. The van der Waals surface area contributed by atoms with Crippen LogP contribution in [-0.2, 0) is 39.4 Å². The monoisotopic (exact) mass is 872 g/mol. The molecule has 5 aromatic rings. The number of nitrogens with one attached hydrogen (secondary N) is 1. The Morgan fingerprint density at radius 1 is 0.966 bits per heavy atom. The molecule has 1 saturated heterocycles. The SMILES string of the molecule is COc1ccc([Si](C)(C)[C@@H]2[C@@H](CC(=O)N3Cc4ccccc4C[C@H]3CO)O[C@]3(C(=O)N(Cc4ccc(NC(=O)c5ccc(N)cc5)cc4)c4ccc(Br)cc43)[C@H]2C)cc1. The van der Waals surface area contributed by atoms with E-state index in [0.29, 0.717) is 29.9 Å². The van der Waals surface area contributed by atoms with Crippen LogP contribution in [0.25, 0.3) is 0 Å². The maximum Gasteiger partial charge on any atom is 0.264 e. The van der Waals surface area contributed by atoms with Crippen LogP contribution in [0.5, 0.6) is 5.75 Å². The van der Waals surface area contributed by atoms with Crippen molar-refractivity contribution in [1.82, 2.24) is 4.90 Å². The highest BCUT2D eigenvalue weighted by Crippen LogP contribution is 2.60. The molecule has 4 N–H and O–H groups in total. The molecule has 5 atom stereocenters. The molecule has 8 rings (SSSR count). The summed E-state index contributed by atoms with van der Waals surface area (Å²) >= 11 is 3.70. The first-order valence-electron chi connectivity index (χ1n) is 20.0. The second kappa shape index (κ2) is 16.1. The number of hydrogen-bond acceptors (Lipinski definition) is 7. The second-order valence-electron chi connectivity index (χ2n) is 16.5. The summed E-state index contributed by atoms with van der Waals surface area (Å²) < 4.78 is 13.6. The van der Waals surface area contributed by atoms with Crippen molar-refractivity contribution >= 4 is 64.0 Å². The standard InChI is InChI=1S/C47H49BrN4O6Si/c1-29-44(59(3,4)39-20-18-38(57-2)19-21-39)42(25-43(54)51-27-33-8-6-5-7-32(33)23-37(51)28-53)58-47(29)40-24-34(48)13-22-41(40)52(46(47)56)26-30-9-16-36(17-10-30)50-45(55)31-11-14-35(49)15-12-31/h5-22,24,29,37,42,44,53H,23,25-28,49H2,1-4H3,(H,50,55)/t29-,37-,42+,44-,47+/m0/s1. The third kappa shape index (κ3) is 7.37. The van der Waals surface area contributed by atoms with Gasteiger partial charge in [-0.25, -0.2) is 0 Å². The maximum absolute atomic E-state index is 15.4. The van der Waals surface area contributed by atoms with Gasteiger partial charge in [-0.1, -0.05) is 89.7 Å². The first-order chi connectivity index (χ1) is 28.3. The van der Waals surface area contributed by atoms with Crippen LogP contribution in [0.15, 0.2) is 120 Å². The van der Waals surface area contributed by atoms with E-state index in [1.165, 1.54) is 5.19 Å². The summed E-state index contributed by atoms with van der Waals surface area (Å²) in [4.78, 5) is 46.5. The summed E-state index contributed by atoms with van der Waals surface area (Å²) in [5.74, 6) is -0.0649. The molecule has 3 aliphatic rings. The molecule has 1 fully saturated rings. The van der Waals surface area contributed by atoms with Gasteiger partial charge in [0, 0.05) is 39.4 Å². The smallest absolute Gasteiger partial charge is 0.264 e. The van der Waals surface area contributed by atoms with E-state index >= 15 is 4.79 Å². The number of ether oxygens (including phenoxy) is 2. The highest BCUT2D eigenvalue weighted by atomic mass is 79.9. The van der Waals surface area contributed by atoms with Gasteiger partial charge in [0.05, 0.1) is 52.6 Å². The lowest BCUT2D eigenvalue weighted by molar-refractivity contribution is -0.151. The molecule has 3 heterocycles. The van der Waals surface area contributed by atoms with Gasteiger partial charge in [-0.3, -0.25) is 14.4 Å². The average molecular weight is 874 g/mol. The van der Waals surface area contributed by atoms with Crippen molar-refractivity contribution in [3.63, 3.8) is 0 Å². The van der Waals surface area contributed by atoms with E-state index in [2.05, 4.69) is 59.5 Å². The fraction of sp³-hybridized carbons (Fsp3) is 0.298. The Kier molecular flexibility index (Phi) is 11.0. The van der Waals surface area contributed by atoms with Crippen LogP contribution in [0.2, 0.25) is 18.6 Å². The van der Waals surface area contributed by atoms with Crippen LogP contribution in [-0.4, -0.2) is 61.7 Å². The molecular weight excluding hydrogens is 825 g/mol. The predicted molar refractivity (Wildman–Crippen MR) is 236 cm³/mol. The summed E-state index contributed by atoms with van der Waals surface area (Å²) in [5.41, 5.74) is 10.6. The minimum Gasteiger partial charge on any atom is -0.497 e. The Labute approximate surface area is 354 Å². The summed E-state index contributed by atoms with van der Waals surface area (Å²) in [6.07, 6.45) is 0.0599. The molecule has 3 aliphatic heterocycles. The zero-order valence-corrected chi connectivity index (χ0v) is 36.2. The van der Waals surface area contributed by atoms with E-state index in [-0.39, 0.29) is 54.8 Å². The quantitative estimate of drug-likeness (QED) is 0.0985. The van der Waals surface area contributed by atoms with Gasteiger partial charge in [0.25, 0.3) is 11.8 Å². The lowest BCUT2D eigenvalue weighted by Crippen LogP contribution is -2.52. The number of halogens is 1. The molecule has 304 valence electrons. The zero-order chi connectivity index (χ0) is 41.6. The number of amides is 3. The summed E-state index contributed by atoms with van der Waals surface area (Å²) in [5, 5.41) is 14.6. The van der Waals surface area contributed by atoms with Gasteiger partial charge in [0.1, 0.15) is 5.75 Å². The highest BCUT2D eigenvalue weighted by molar-refractivity contribution is 9.10. The number of benzene rings is 5. The van der Waals surface area contributed by atoms with Crippen molar-refractivity contribution in [3.8, 4) is 5.75 Å². The Morgan fingerprint density at radius 2 is 1.66 bits per heavy atom. The zero-order valence-electron chi connectivity index (χ0n) is 33.7. The van der Waals surface area contributed by atoms with Crippen molar-refractivity contribution in [2.24, 2.45) is 5.92 Å². The topological polar surface area (TPSA) is 134 Å². The van der Waals surface area contributed by atoms with Crippen LogP contribution in [0.3, 0.4) is 0 Å². The Morgan fingerprint density at radius 3 is 2.34 bits per heavy atom. The molecule has 0 aliphatic carbocycles. The van der Waals surface area contributed by atoms with Crippen LogP contribution in [0, 0.1) is 5.92 Å². The number of fused-ring (bicyclic) bond motifs is 3. The van der Waals surface area contributed by atoms with Gasteiger partial charge in [-0.05, 0) is 95.4 Å². The summed E-state index contributed by atoms with van der Waals surface area (Å²) in [7, 11) is -0.883. The molecule has 10 nitrogen and oxygen atoms in total. The van der Waals surface area contributed by atoms with Gasteiger partial charge >= 0.3 is 0 Å². The number of methoxy groups -OCH3 is 1. The Hall–Kier alpha value is -5.27. The third-order valence-electron chi connectivity index (χ3n) is 12.8. The number of hydrogen-bond donors (Lipinski definition) is 3. The molecule has 0 saturated carbocycles. The molecule has 1 spiro atoms. The fourth-order valence-corrected chi connectivity index (χ4v) is 14.1. The number of aliphatic hydroxyl groups is 1. The van der Waals surface area contributed by atoms with Gasteiger partial charge < -0.3 is 35.4 Å². The lowest BCUT2D eigenvalue weighted by Gasteiger charge is -2.39. The molecule has 5 aromatic carbocycles. The summed E-state index contributed by atoms with van der Waals surface area (Å²) in [6.45, 7) is 7.25. The summed E-state index contributed by atoms with van der Waals surface area (Å²) in [6, 6.07) is 36.0. The molecule has 0 bridgehead atoms. The highest BCUT2D eigenvalue weighted by Gasteiger charge is 2.66. The number of carbonyl (C=O) groups is 3. The van der Waals surface area contributed by atoms with E-state index in [1.807, 2.05) is 72.8 Å². The van der Waals surface area contributed by atoms with Crippen molar-refractivity contribution in [2.75, 3.05) is 29.7 Å². The normalized spacial score (nSPS) is 22.3. The van der Waals surface area contributed by atoms with Crippen molar-refractivity contribution in [3.05, 3.63) is 148 Å². The van der Waals surface area contributed by atoms with Crippen molar-refractivity contribution in [1.29, 1.82) is 0 Å². The van der Waals surface area contributed by atoms with Gasteiger partial charge in [0.15, 0.2) is 5.60 Å². The molecule has 0 aromatic heterocycles. The minimum absolute atomic E-state index is 0.0716. The van der Waals surface area contributed by atoms with E-state index < -0.39 is 19.8 Å². The molecule has 0 radical (unpaired) electrons. The Balaban J connectivity index is 1.12. The molecular formula is C47H49BrN4O6Si. The molecule has 12 heteroatoms. The van der Waals surface area contributed by atoms with Gasteiger partial charge in [-0.15, -0.1) is 0 Å². The number of carbonyl (C=O) groups excluding carboxylic acids is 3. The van der Waals surface area contributed by atoms with Crippen LogP contribution in [0.1, 0.15) is 46.0 Å². The first-order valence-corrected chi connectivity index (χ1v) is 23.9. The van der Waals surface area contributed by atoms with E-state index in [4.69, 9.17) is 15.2 Å². The molecule has 0 unspecified atom stereocenters. The second-order valence-corrected chi connectivity index (χ2v) is 22.1. The fourth-order valence-electron chi connectivity index (χ4n) is 9.69. The largest absolute Gasteiger partial charge is 0.497 e. The molecule has 59 heavy (non-hydrogen) atoms. The minimum atomic E-state index is -2.53.